The number of rotatable bonds is 1. The van der Waals surface area contributed by atoms with Gasteiger partial charge in [-0.1, -0.05) is 6.07 Å². The Hall–Kier alpha value is -2.11. The van der Waals surface area contributed by atoms with Crippen LogP contribution in [-0.4, -0.2) is 9.97 Å². The van der Waals surface area contributed by atoms with Crippen molar-refractivity contribution in [3.8, 4) is 11.3 Å². The summed E-state index contributed by atoms with van der Waals surface area (Å²) in [6.45, 7) is 5.67. The van der Waals surface area contributed by atoms with Gasteiger partial charge in [0.05, 0.1) is 5.69 Å². The highest BCUT2D eigenvalue weighted by atomic mass is 19.4. The SMILES string of the molecule is Cc1cc(C)c(-c2cc(N)nc(C(F)(F)F)n2)cc1C. The van der Waals surface area contributed by atoms with E-state index in [-0.39, 0.29) is 11.5 Å². The Bertz CT molecular complexity index is 663. The molecule has 0 aliphatic carbocycles. The quantitative estimate of drug-likeness (QED) is 0.867. The molecule has 0 amide bonds. The maximum atomic E-state index is 12.7. The molecule has 1 aromatic heterocycles. The first-order valence-corrected chi connectivity index (χ1v) is 5.98. The van der Waals surface area contributed by atoms with Gasteiger partial charge >= 0.3 is 6.18 Å². The van der Waals surface area contributed by atoms with Gasteiger partial charge < -0.3 is 5.73 Å². The summed E-state index contributed by atoms with van der Waals surface area (Å²) in [6, 6.07) is 5.08. The topological polar surface area (TPSA) is 51.8 Å². The van der Waals surface area contributed by atoms with Crippen molar-refractivity contribution < 1.29 is 13.2 Å². The average molecular weight is 281 g/mol. The van der Waals surface area contributed by atoms with Crippen LogP contribution in [0, 0.1) is 20.8 Å². The Balaban J connectivity index is 2.64. The summed E-state index contributed by atoms with van der Waals surface area (Å²) in [7, 11) is 0. The lowest BCUT2D eigenvalue weighted by Crippen LogP contribution is -2.13. The molecule has 1 aromatic carbocycles. The molecule has 0 radical (unpaired) electrons. The van der Waals surface area contributed by atoms with Gasteiger partial charge in [0.1, 0.15) is 5.82 Å². The predicted octanol–water partition coefficient (Wildman–Crippen LogP) is 3.67. The number of nitrogens with zero attached hydrogens (tertiary/aromatic N) is 2. The number of hydrogen-bond donors (Lipinski definition) is 1. The normalized spacial score (nSPS) is 11.7. The number of aryl methyl sites for hydroxylation is 3. The smallest absolute Gasteiger partial charge is 0.384 e. The molecule has 0 unspecified atom stereocenters. The first-order valence-electron chi connectivity index (χ1n) is 5.98. The lowest BCUT2D eigenvalue weighted by Gasteiger charge is -2.12. The van der Waals surface area contributed by atoms with Gasteiger partial charge in [0, 0.05) is 11.6 Å². The number of anilines is 1. The summed E-state index contributed by atoms with van der Waals surface area (Å²) in [5.74, 6) is -1.41. The van der Waals surface area contributed by atoms with Crippen LogP contribution in [0.15, 0.2) is 18.2 Å². The van der Waals surface area contributed by atoms with Crippen LogP contribution in [0.25, 0.3) is 11.3 Å². The number of nitrogen functional groups attached to an aromatic ring is 1. The van der Waals surface area contributed by atoms with Crippen LogP contribution in [0.5, 0.6) is 0 Å². The van der Waals surface area contributed by atoms with Crippen molar-refractivity contribution in [1.82, 2.24) is 9.97 Å². The van der Waals surface area contributed by atoms with Crippen LogP contribution in [0.3, 0.4) is 0 Å². The summed E-state index contributed by atoms with van der Waals surface area (Å²) in [6.07, 6.45) is -4.61. The van der Waals surface area contributed by atoms with Crippen molar-refractivity contribution in [2.24, 2.45) is 0 Å². The maximum absolute atomic E-state index is 12.7. The van der Waals surface area contributed by atoms with Crippen LogP contribution in [0.2, 0.25) is 0 Å². The van der Waals surface area contributed by atoms with E-state index in [9.17, 15) is 13.2 Å². The number of halogens is 3. The molecule has 0 spiro atoms. The number of benzene rings is 1. The van der Waals surface area contributed by atoms with Crippen LogP contribution in [0.1, 0.15) is 22.5 Å². The minimum Gasteiger partial charge on any atom is -0.384 e. The molecule has 2 N–H and O–H groups in total. The molecular weight excluding hydrogens is 267 g/mol. The van der Waals surface area contributed by atoms with Gasteiger partial charge in [-0.25, -0.2) is 9.97 Å². The van der Waals surface area contributed by atoms with Gasteiger partial charge in [-0.05, 0) is 43.5 Å². The third-order valence-corrected chi connectivity index (χ3v) is 3.12. The van der Waals surface area contributed by atoms with Gasteiger partial charge in [-0.3, -0.25) is 0 Å². The highest BCUT2D eigenvalue weighted by molar-refractivity contribution is 5.67. The van der Waals surface area contributed by atoms with E-state index in [0.29, 0.717) is 5.56 Å². The van der Waals surface area contributed by atoms with Crippen LogP contribution >= 0.6 is 0 Å². The number of nitrogens with two attached hydrogens (primary N) is 1. The fourth-order valence-electron chi connectivity index (χ4n) is 1.97. The number of alkyl halides is 3. The molecule has 0 atom stereocenters. The van der Waals surface area contributed by atoms with Crippen LogP contribution in [0.4, 0.5) is 19.0 Å². The van der Waals surface area contributed by atoms with Crippen LogP contribution < -0.4 is 5.73 Å². The van der Waals surface area contributed by atoms with Crippen LogP contribution in [-0.2, 0) is 6.18 Å². The molecule has 3 nitrogen and oxygen atoms in total. The lowest BCUT2D eigenvalue weighted by molar-refractivity contribution is -0.144. The average Bonchev–Trinajstić information content (AvgIpc) is 2.32. The molecule has 0 bridgehead atoms. The van der Waals surface area contributed by atoms with Crippen molar-refractivity contribution in [1.29, 1.82) is 0 Å². The first-order chi connectivity index (χ1) is 9.18. The summed E-state index contributed by atoms with van der Waals surface area (Å²) < 4.78 is 38.2. The minimum absolute atomic E-state index is 0.186. The highest BCUT2D eigenvalue weighted by Crippen LogP contribution is 2.31. The Labute approximate surface area is 114 Å². The molecule has 2 rings (SSSR count). The monoisotopic (exact) mass is 281 g/mol. The zero-order chi connectivity index (χ0) is 15.1. The van der Waals surface area contributed by atoms with Gasteiger partial charge in [0.2, 0.25) is 5.82 Å². The van der Waals surface area contributed by atoms with Gasteiger partial charge in [-0.2, -0.15) is 13.2 Å². The Morgan fingerprint density at radius 3 is 2.10 bits per heavy atom. The van der Waals surface area contributed by atoms with E-state index in [2.05, 4.69) is 9.97 Å². The van der Waals surface area contributed by atoms with Gasteiger partial charge in [0.25, 0.3) is 0 Å². The molecule has 0 saturated carbocycles. The fourth-order valence-corrected chi connectivity index (χ4v) is 1.97. The standard InChI is InChI=1S/C14H14F3N3/c1-7-4-9(3)10(5-8(7)2)11-6-12(18)20-13(19-11)14(15,16)17/h4-6H,1-3H3,(H2,18,19,20). The first kappa shape index (κ1) is 14.3. The predicted molar refractivity (Wildman–Crippen MR) is 71.1 cm³/mol. The third kappa shape index (κ3) is 2.74. The van der Waals surface area contributed by atoms with E-state index in [0.717, 1.165) is 16.7 Å². The lowest BCUT2D eigenvalue weighted by atomic mass is 9.98. The van der Waals surface area contributed by atoms with Crippen molar-refractivity contribution in [2.45, 2.75) is 26.9 Å². The van der Waals surface area contributed by atoms with E-state index in [1.54, 1.807) is 0 Å². The zero-order valence-corrected chi connectivity index (χ0v) is 11.3. The molecule has 0 aliphatic heterocycles. The molecule has 106 valence electrons. The number of aromatic nitrogens is 2. The van der Waals surface area contributed by atoms with E-state index < -0.39 is 12.0 Å². The van der Waals surface area contributed by atoms with Gasteiger partial charge in [0.15, 0.2) is 0 Å². The fraction of sp³-hybridized carbons (Fsp3) is 0.286. The Kier molecular flexibility index (Phi) is 3.41. The van der Waals surface area contributed by atoms with Crippen molar-refractivity contribution in [3.05, 3.63) is 40.7 Å². The van der Waals surface area contributed by atoms with E-state index in [1.807, 2.05) is 32.9 Å². The third-order valence-electron chi connectivity index (χ3n) is 3.12. The van der Waals surface area contributed by atoms with Crippen molar-refractivity contribution in [3.63, 3.8) is 0 Å². The second kappa shape index (κ2) is 4.77. The van der Waals surface area contributed by atoms with Crippen molar-refractivity contribution in [2.75, 3.05) is 5.73 Å². The van der Waals surface area contributed by atoms with Crippen molar-refractivity contribution >= 4 is 5.82 Å². The second-order valence-corrected chi connectivity index (χ2v) is 4.75. The summed E-state index contributed by atoms with van der Waals surface area (Å²) >= 11 is 0. The Morgan fingerprint density at radius 1 is 0.900 bits per heavy atom. The van der Waals surface area contributed by atoms with E-state index >= 15 is 0 Å². The van der Waals surface area contributed by atoms with Gasteiger partial charge in [-0.15, -0.1) is 0 Å². The molecule has 0 aliphatic rings. The number of hydrogen-bond acceptors (Lipinski definition) is 3. The molecule has 0 fully saturated rings. The summed E-state index contributed by atoms with van der Waals surface area (Å²) in [5.41, 5.74) is 9.18. The zero-order valence-electron chi connectivity index (χ0n) is 11.3. The molecule has 20 heavy (non-hydrogen) atoms. The summed E-state index contributed by atoms with van der Waals surface area (Å²) in [4.78, 5) is 6.83. The highest BCUT2D eigenvalue weighted by Gasteiger charge is 2.35. The molecule has 0 saturated heterocycles. The van der Waals surface area contributed by atoms with E-state index in [1.165, 1.54) is 6.07 Å². The molecular formula is C14H14F3N3. The Morgan fingerprint density at radius 2 is 1.50 bits per heavy atom. The molecule has 2 aromatic rings. The molecule has 1 heterocycles. The largest absolute Gasteiger partial charge is 0.451 e. The second-order valence-electron chi connectivity index (χ2n) is 4.75. The summed E-state index contributed by atoms with van der Waals surface area (Å²) in [5, 5.41) is 0. The molecule has 6 heteroatoms. The maximum Gasteiger partial charge on any atom is 0.451 e. The minimum atomic E-state index is -4.61. The van der Waals surface area contributed by atoms with E-state index in [4.69, 9.17) is 5.73 Å².